The summed E-state index contributed by atoms with van der Waals surface area (Å²) in [6, 6.07) is 5.04. The van der Waals surface area contributed by atoms with Crippen molar-refractivity contribution in [2.45, 2.75) is 19.8 Å². The maximum absolute atomic E-state index is 12.9. The van der Waals surface area contributed by atoms with E-state index in [0.29, 0.717) is 4.96 Å². The van der Waals surface area contributed by atoms with Crippen LogP contribution in [0.5, 0.6) is 0 Å². The van der Waals surface area contributed by atoms with Crippen LogP contribution in [-0.4, -0.2) is 20.5 Å². The average molecular weight is 332 g/mol. The van der Waals surface area contributed by atoms with Gasteiger partial charge in [-0.25, -0.2) is 9.37 Å². The highest BCUT2D eigenvalue weighted by atomic mass is 32.1. The maximum atomic E-state index is 12.9. The van der Waals surface area contributed by atoms with Crippen LogP contribution in [0.25, 0.3) is 4.96 Å². The number of hydrogen-bond acceptors (Lipinski definition) is 5. The molecule has 23 heavy (non-hydrogen) atoms. The molecule has 0 saturated carbocycles. The van der Waals surface area contributed by atoms with E-state index >= 15 is 0 Å². The van der Waals surface area contributed by atoms with E-state index < -0.39 is 17.3 Å². The van der Waals surface area contributed by atoms with Gasteiger partial charge in [0.15, 0.2) is 0 Å². The number of halogens is 1. The zero-order valence-electron chi connectivity index (χ0n) is 12.4. The molecule has 6 nitrogen and oxygen atoms in total. The number of carbonyl (C=O) groups is 1. The normalized spacial score (nSPS) is 11.1. The summed E-state index contributed by atoms with van der Waals surface area (Å²) >= 11 is 1.33. The fourth-order valence-electron chi connectivity index (χ4n) is 1.92. The fourth-order valence-corrected chi connectivity index (χ4v) is 2.78. The Morgan fingerprint density at radius 1 is 1.30 bits per heavy atom. The van der Waals surface area contributed by atoms with Crippen LogP contribution in [0.4, 0.5) is 10.1 Å². The third kappa shape index (κ3) is 2.98. The van der Waals surface area contributed by atoms with E-state index in [1.165, 1.54) is 46.3 Å². The average Bonchev–Trinajstić information content (AvgIpc) is 2.96. The first kappa shape index (κ1) is 15.3. The Bertz CT molecular complexity index is 931. The predicted octanol–water partition coefficient (Wildman–Crippen LogP) is 2.67. The van der Waals surface area contributed by atoms with Gasteiger partial charge in [0.05, 0.1) is 6.20 Å². The maximum Gasteiger partial charge on any atom is 0.298 e. The summed E-state index contributed by atoms with van der Waals surface area (Å²) in [5.41, 5.74) is -0.178. The van der Waals surface area contributed by atoms with Crippen LogP contribution < -0.4 is 10.9 Å². The molecule has 8 heteroatoms. The van der Waals surface area contributed by atoms with Gasteiger partial charge in [0.1, 0.15) is 16.5 Å². The Labute approximate surface area is 134 Å². The van der Waals surface area contributed by atoms with Gasteiger partial charge in [0.2, 0.25) is 4.96 Å². The zero-order valence-corrected chi connectivity index (χ0v) is 13.2. The second kappa shape index (κ2) is 5.88. The molecule has 0 aliphatic carbocycles. The first-order chi connectivity index (χ1) is 11.0. The van der Waals surface area contributed by atoms with Crippen molar-refractivity contribution in [3.05, 3.63) is 57.2 Å². The lowest BCUT2D eigenvalue weighted by Gasteiger charge is -2.04. The molecule has 0 aliphatic heterocycles. The highest BCUT2D eigenvalue weighted by Crippen LogP contribution is 2.20. The Morgan fingerprint density at radius 2 is 2.00 bits per heavy atom. The molecule has 2 heterocycles. The van der Waals surface area contributed by atoms with E-state index in [2.05, 4.69) is 15.4 Å². The lowest BCUT2D eigenvalue weighted by molar-refractivity contribution is 0.102. The molecule has 3 rings (SSSR count). The molecule has 0 radical (unpaired) electrons. The minimum Gasteiger partial charge on any atom is -0.316 e. The van der Waals surface area contributed by atoms with Gasteiger partial charge in [0.25, 0.3) is 11.5 Å². The van der Waals surface area contributed by atoms with Gasteiger partial charge < -0.3 is 5.32 Å². The van der Waals surface area contributed by atoms with Crippen LogP contribution in [0.1, 0.15) is 35.1 Å². The third-order valence-corrected chi connectivity index (χ3v) is 4.37. The van der Waals surface area contributed by atoms with Gasteiger partial charge in [-0.05, 0) is 24.3 Å². The standard InChI is InChI=1S/C15H13FN4O2S/c1-8(2)13-19-20-14(22)11(7-17-15(20)23-13)18-12(21)9-3-5-10(16)6-4-9/h3-8H,1-2H3,(H,18,21). The zero-order chi connectivity index (χ0) is 16.6. The quantitative estimate of drug-likeness (QED) is 0.800. The first-order valence-corrected chi connectivity index (χ1v) is 7.73. The highest BCUT2D eigenvalue weighted by molar-refractivity contribution is 7.16. The second-order valence-corrected chi connectivity index (χ2v) is 6.21. The number of aromatic nitrogens is 3. The summed E-state index contributed by atoms with van der Waals surface area (Å²) in [5.74, 6) is -0.769. The summed E-state index contributed by atoms with van der Waals surface area (Å²) in [6.07, 6.45) is 1.31. The van der Waals surface area contributed by atoms with Gasteiger partial charge in [-0.15, -0.1) is 0 Å². The Balaban J connectivity index is 1.94. The van der Waals surface area contributed by atoms with Crippen LogP contribution in [0, 0.1) is 5.82 Å². The minimum absolute atomic E-state index is 0.0254. The largest absolute Gasteiger partial charge is 0.316 e. The van der Waals surface area contributed by atoms with E-state index in [0.717, 1.165) is 5.01 Å². The van der Waals surface area contributed by atoms with Crippen LogP contribution in [-0.2, 0) is 0 Å². The van der Waals surface area contributed by atoms with Gasteiger partial charge >= 0.3 is 0 Å². The Kier molecular flexibility index (Phi) is 3.91. The minimum atomic E-state index is -0.511. The first-order valence-electron chi connectivity index (χ1n) is 6.91. The molecular weight excluding hydrogens is 319 g/mol. The number of hydrogen-bond donors (Lipinski definition) is 1. The van der Waals surface area contributed by atoms with Crippen LogP contribution in [0.15, 0.2) is 35.3 Å². The fraction of sp³-hybridized carbons (Fsp3) is 0.200. The van der Waals surface area contributed by atoms with Crippen molar-refractivity contribution in [2.75, 3.05) is 5.32 Å². The lowest BCUT2D eigenvalue weighted by Crippen LogP contribution is -2.23. The van der Waals surface area contributed by atoms with Crippen molar-refractivity contribution in [3.63, 3.8) is 0 Å². The second-order valence-electron chi connectivity index (χ2n) is 5.23. The summed E-state index contributed by atoms with van der Waals surface area (Å²) in [5, 5.41) is 7.50. The monoisotopic (exact) mass is 332 g/mol. The summed E-state index contributed by atoms with van der Waals surface area (Å²) < 4.78 is 14.1. The number of nitrogens with zero attached hydrogens (tertiary/aromatic N) is 3. The Morgan fingerprint density at radius 3 is 2.65 bits per heavy atom. The molecule has 0 bridgehead atoms. The van der Waals surface area contributed by atoms with E-state index in [9.17, 15) is 14.0 Å². The molecular formula is C15H13FN4O2S. The van der Waals surface area contributed by atoms with Crippen molar-refractivity contribution in [1.82, 2.24) is 14.6 Å². The van der Waals surface area contributed by atoms with Crippen LogP contribution in [0.2, 0.25) is 0 Å². The number of benzene rings is 1. The summed E-state index contributed by atoms with van der Waals surface area (Å²) in [7, 11) is 0. The molecule has 1 aromatic carbocycles. The molecule has 0 unspecified atom stereocenters. The number of fused-ring (bicyclic) bond motifs is 1. The van der Waals surface area contributed by atoms with Crippen molar-refractivity contribution < 1.29 is 9.18 Å². The van der Waals surface area contributed by atoms with Crippen LogP contribution in [0.3, 0.4) is 0 Å². The highest BCUT2D eigenvalue weighted by Gasteiger charge is 2.14. The molecule has 0 spiro atoms. The van der Waals surface area contributed by atoms with Crippen molar-refractivity contribution in [3.8, 4) is 0 Å². The lowest BCUT2D eigenvalue weighted by atomic mass is 10.2. The molecule has 0 saturated heterocycles. The smallest absolute Gasteiger partial charge is 0.298 e. The number of amides is 1. The predicted molar refractivity (Wildman–Crippen MR) is 85.6 cm³/mol. The number of anilines is 1. The van der Waals surface area contributed by atoms with E-state index in [-0.39, 0.29) is 17.2 Å². The van der Waals surface area contributed by atoms with E-state index in [1.54, 1.807) is 0 Å². The number of carbonyl (C=O) groups excluding carboxylic acids is 1. The molecule has 0 atom stereocenters. The number of rotatable bonds is 3. The SMILES string of the molecule is CC(C)c1nn2c(=O)c(NC(=O)c3ccc(F)cc3)cnc2s1. The molecule has 118 valence electrons. The van der Waals surface area contributed by atoms with Crippen LogP contribution >= 0.6 is 11.3 Å². The molecule has 3 aromatic rings. The summed E-state index contributed by atoms with van der Waals surface area (Å²) in [6.45, 7) is 3.94. The topological polar surface area (TPSA) is 76.4 Å². The van der Waals surface area contributed by atoms with Gasteiger partial charge in [-0.1, -0.05) is 25.2 Å². The number of nitrogens with one attached hydrogen (secondary N) is 1. The van der Waals surface area contributed by atoms with Gasteiger partial charge in [0, 0.05) is 11.5 Å². The van der Waals surface area contributed by atoms with E-state index in [1.807, 2.05) is 13.8 Å². The molecule has 1 amide bonds. The van der Waals surface area contributed by atoms with Crippen molar-refractivity contribution in [1.29, 1.82) is 0 Å². The molecule has 2 aromatic heterocycles. The molecule has 0 fully saturated rings. The summed E-state index contributed by atoms with van der Waals surface area (Å²) in [4.78, 5) is 29.1. The van der Waals surface area contributed by atoms with Crippen molar-refractivity contribution >= 4 is 27.9 Å². The molecule has 1 N–H and O–H groups in total. The van der Waals surface area contributed by atoms with E-state index in [4.69, 9.17) is 0 Å². The van der Waals surface area contributed by atoms with Crippen molar-refractivity contribution in [2.24, 2.45) is 0 Å². The van der Waals surface area contributed by atoms with Gasteiger partial charge in [-0.2, -0.15) is 9.61 Å². The third-order valence-electron chi connectivity index (χ3n) is 3.15. The van der Waals surface area contributed by atoms with Gasteiger partial charge in [-0.3, -0.25) is 9.59 Å². The molecule has 0 aliphatic rings. The Hall–Kier alpha value is -2.61.